The second-order valence-electron chi connectivity index (χ2n) is 5.85. The van der Waals surface area contributed by atoms with Crippen molar-refractivity contribution in [3.63, 3.8) is 0 Å². The number of rotatable bonds is 6. The first-order valence-electron chi connectivity index (χ1n) is 8.33. The van der Waals surface area contributed by atoms with Gasteiger partial charge in [0.05, 0.1) is 12.2 Å². The van der Waals surface area contributed by atoms with Crippen molar-refractivity contribution in [3.05, 3.63) is 59.2 Å². The summed E-state index contributed by atoms with van der Waals surface area (Å²) in [7, 11) is 0. The van der Waals surface area contributed by atoms with Gasteiger partial charge in [-0.15, -0.1) is 0 Å². The molecule has 0 aliphatic rings. The van der Waals surface area contributed by atoms with Crippen molar-refractivity contribution < 1.29 is 19.1 Å². The van der Waals surface area contributed by atoms with Crippen molar-refractivity contribution in [2.45, 2.75) is 33.6 Å². The molecule has 0 aliphatic carbocycles. The maximum Gasteiger partial charge on any atom is 0.417 e. The summed E-state index contributed by atoms with van der Waals surface area (Å²) in [5.74, 6) is -0.0206. The number of unbranched alkanes of at least 4 members (excludes halogenated alkanes) is 1. The van der Waals surface area contributed by atoms with Crippen LogP contribution in [0.4, 0.5) is 10.5 Å². The number of hydrogen-bond acceptors (Lipinski definition) is 4. The topological polar surface area (TPSA) is 64.6 Å². The minimum absolute atomic E-state index is 0.355. The molecule has 1 N–H and O–H groups in total. The molecule has 0 fully saturated rings. The monoisotopic (exact) mass is 341 g/mol. The predicted octanol–water partition coefficient (Wildman–Crippen LogP) is 4.87. The van der Waals surface area contributed by atoms with E-state index in [1.165, 1.54) is 0 Å². The van der Waals surface area contributed by atoms with Crippen LogP contribution in [0.25, 0.3) is 0 Å². The zero-order chi connectivity index (χ0) is 18.2. The standard InChI is InChI=1S/C20H23NO4/c1-4-5-12-24-19(22)16-8-10-17(11-9-16)25-20(23)21-18-13-14(2)6-7-15(18)3/h6-11,13H,4-5,12H2,1-3H3,(H,21,23). The van der Waals surface area contributed by atoms with Gasteiger partial charge in [-0.1, -0.05) is 25.5 Å². The first-order valence-corrected chi connectivity index (χ1v) is 8.33. The van der Waals surface area contributed by atoms with E-state index < -0.39 is 6.09 Å². The molecule has 2 aromatic carbocycles. The van der Waals surface area contributed by atoms with Gasteiger partial charge in [-0.25, -0.2) is 9.59 Å². The lowest BCUT2D eigenvalue weighted by Gasteiger charge is -2.10. The molecule has 1 amide bonds. The first kappa shape index (κ1) is 18.5. The summed E-state index contributed by atoms with van der Waals surface area (Å²) < 4.78 is 10.4. The second-order valence-corrected chi connectivity index (χ2v) is 5.85. The highest BCUT2D eigenvalue weighted by molar-refractivity contribution is 5.90. The molecule has 5 nitrogen and oxygen atoms in total. The van der Waals surface area contributed by atoms with Gasteiger partial charge in [-0.05, 0) is 61.7 Å². The summed E-state index contributed by atoms with van der Waals surface area (Å²) in [5.41, 5.74) is 3.14. The van der Waals surface area contributed by atoms with Gasteiger partial charge >= 0.3 is 12.1 Å². The van der Waals surface area contributed by atoms with Crippen molar-refractivity contribution >= 4 is 17.7 Å². The van der Waals surface area contributed by atoms with Crippen LogP contribution in [0.1, 0.15) is 41.3 Å². The summed E-state index contributed by atoms with van der Waals surface area (Å²) in [6.07, 6.45) is 1.23. The minimum atomic E-state index is -0.577. The molecule has 0 spiro atoms. The number of hydrogen-bond donors (Lipinski definition) is 1. The van der Waals surface area contributed by atoms with Crippen molar-refractivity contribution in [2.75, 3.05) is 11.9 Å². The Labute approximate surface area is 148 Å². The third kappa shape index (κ3) is 5.64. The SMILES string of the molecule is CCCCOC(=O)c1ccc(OC(=O)Nc2cc(C)ccc2C)cc1. The highest BCUT2D eigenvalue weighted by Gasteiger charge is 2.10. The Hall–Kier alpha value is -2.82. The molecule has 2 rings (SSSR count). The Kier molecular flexibility index (Phi) is 6.57. The number of carbonyl (C=O) groups excluding carboxylic acids is 2. The van der Waals surface area contributed by atoms with Crippen molar-refractivity contribution in [3.8, 4) is 5.75 Å². The van der Waals surface area contributed by atoms with Crippen LogP contribution >= 0.6 is 0 Å². The Morgan fingerprint density at radius 1 is 1.04 bits per heavy atom. The quantitative estimate of drug-likeness (QED) is 0.601. The van der Waals surface area contributed by atoms with Crippen molar-refractivity contribution in [1.82, 2.24) is 0 Å². The number of anilines is 1. The first-order chi connectivity index (χ1) is 12.0. The van der Waals surface area contributed by atoms with Crippen molar-refractivity contribution in [1.29, 1.82) is 0 Å². The number of benzene rings is 2. The van der Waals surface area contributed by atoms with Crippen LogP contribution in [-0.2, 0) is 4.74 Å². The van der Waals surface area contributed by atoms with Gasteiger partial charge in [0.15, 0.2) is 0 Å². The number of esters is 1. The molecule has 0 radical (unpaired) electrons. The number of nitrogens with one attached hydrogen (secondary N) is 1. The van der Waals surface area contributed by atoms with Gasteiger partial charge in [0.2, 0.25) is 0 Å². The summed E-state index contributed by atoms with van der Waals surface area (Å²) in [5, 5.41) is 2.72. The number of aryl methyl sites for hydroxylation is 2. The molecule has 5 heteroatoms. The molecule has 0 heterocycles. The van der Waals surface area contributed by atoms with E-state index in [0.717, 1.165) is 24.0 Å². The van der Waals surface area contributed by atoms with Crippen LogP contribution in [0, 0.1) is 13.8 Å². The Morgan fingerprint density at radius 2 is 1.76 bits per heavy atom. The largest absolute Gasteiger partial charge is 0.462 e. The molecule has 0 bridgehead atoms. The van der Waals surface area contributed by atoms with E-state index in [0.29, 0.717) is 23.6 Å². The van der Waals surface area contributed by atoms with Gasteiger partial charge < -0.3 is 9.47 Å². The molecule has 0 atom stereocenters. The molecule has 25 heavy (non-hydrogen) atoms. The number of amides is 1. The molecule has 0 saturated heterocycles. The van der Waals surface area contributed by atoms with E-state index in [9.17, 15) is 9.59 Å². The average molecular weight is 341 g/mol. The lowest BCUT2D eigenvalue weighted by molar-refractivity contribution is 0.0499. The van der Waals surface area contributed by atoms with Crippen LogP contribution in [0.2, 0.25) is 0 Å². The maximum absolute atomic E-state index is 12.0. The van der Waals surface area contributed by atoms with Crippen LogP contribution in [0.3, 0.4) is 0 Å². The summed E-state index contributed by atoms with van der Waals surface area (Å²) in [4.78, 5) is 23.8. The lowest BCUT2D eigenvalue weighted by Crippen LogP contribution is -2.17. The molecule has 132 valence electrons. The number of ether oxygens (including phenoxy) is 2. The summed E-state index contributed by atoms with van der Waals surface area (Å²) in [6.45, 7) is 6.30. The van der Waals surface area contributed by atoms with Crippen molar-refractivity contribution in [2.24, 2.45) is 0 Å². The van der Waals surface area contributed by atoms with Crippen LogP contribution in [0.15, 0.2) is 42.5 Å². The molecule has 2 aromatic rings. The highest BCUT2D eigenvalue weighted by atomic mass is 16.6. The van der Waals surface area contributed by atoms with Crippen LogP contribution in [0.5, 0.6) is 5.75 Å². The van der Waals surface area contributed by atoms with Crippen LogP contribution < -0.4 is 10.1 Å². The molecule has 0 aromatic heterocycles. The third-order valence-corrected chi connectivity index (χ3v) is 3.66. The predicted molar refractivity (Wildman–Crippen MR) is 97.2 cm³/mol. The third-order valence-electron chi connectivity index (χ3n) is 3.66. The fraction of sp³-hybridized carbons (Fsp3) is 0.300. The lowest BCUT2D eigenvalue weighted by atomic mass is 10.1. The molecule has 0 aliphatic heterocycles. The number of carbonyl (C=O) groups is 2. The zero-order valence-electron chi connectivity index (χ0n) is 14.8. The fourth-order valence-electron chi connectivity index (χ4n) is 2.16. The Bertz CT molecular complexity index is 738. The summed E-state index contributed by atoms with van der Waals surface area (Å²) in [6, 6.07) is 12.1. The molecular formula is C20H23NO4. The molecule has 0 unspecified atom stereocenters. The average Bonchev–Trinajstić information content (AvgIpc) is 2.59. The van der Waals surface area contributed by atoms with Gasteiger partial charge in [-0.3, -0.25) is 5.32 Å². The van der Waals surface area contributed by atoms with E-state index in [2.05, 4.69) is 5.32 Å². The van der Waals surface area contributed by atoms with Gasteiger partial charge in [0.25, 0.3) is 0 Å². The minimum Gasteiger partial charge on any atom is -0.462 e. The van der Waals surface area contributed by atoms with E-state index in [-0.39, 0.29) is 5.97 Å². The molecular weight excluding hydrogens is 318 g/mol. The summed E-state index contributed by atoms with van der Waals surface area (Å²) >= 11 is 0. The smallest absolute Gasteiger partial charge is 0.417 e. The molecule has 0 saturated carbocycles. The van der Waals surface area contributed by atoms with Gasteiger partial charge in [0, 0.05) is 5.69 Å². The normalized spacial score (nSPS) is 10.2. The van der Waals surface area contributed by atoms with Crippen LogP contribution in [-0.4, -0.2) is 18.7 Å². The van der Waals surface area contributed by atoms with E-state index in [1.807, 2.05) is 39.0 Å². The Morgan fingerprint density at radius 3 is 2.44 bits per heavy atom. The fourth-order valence-corrected chi connectivity index (χ4v) is 2.16. The second kappa shape index (κ2) is 8.87. The maximum atomic E-state index is 12.0. The van der Waals surface area contributed by atoms with E-state index in [1.54, 1.807) is 24.3 Å². The highest BCUT2D eigenvalue weighted by Crippen LogP contribution is 2.18. The van der Waals surface area contributed by atoms with Gasteiger partial charge in [0.1, 0.15) is 5.75 Å². The van der Waals surface area contributed by atoms with Gasteiger partial charge in [-0.2, -0.15) is 0 Å². The van der Waals surface area contributed by atoms with E-state index >= 15 is 0 Å². The van der Waals surface area contributed by atoms with E-state index in [4.69, 9.17) is 9.47 Å². The Balaban J connectivity index is 1.93. The zero-order valence-corrected chi connectivity index (χ0v) is 14.8.